The van der Waals surface area contributed by atoms with Gasteiger partial charge in [-0.25, -0.2) is 0 Å². The second kappa shape index (κ2) is 5.03. The Balaban J connectivity index is 0.00000196. The van der Waals surface area contributed by atoms with Crippen molar-refractivity contribution in [3.8, 4) is 0 Å². The molecule has 0 spiro atoms. The van der Waals surface area contributed by atoms with E-state index in [0.717, 1.165) is 6.42 Å². The molecule has 1 amide bonds. The lowest BCUT2D eigenvalue weighted by Crippen LogP contribution is -2.51. The molecule has 0 radical (unpaired) electrons. The molecule has 0 aromatic carbocycles. The van der Waals surface area contributed by atoms with Crippen molar-refractivity contribution in [3.05, 3.63) is 0 Å². The van der Waals surface area contributed by atoms with Crippen LogP contribution in [0.1, 0.15) is 13.3 Å². The van der Waals surface area contributed by atoms with Crippen molar-refractivity contribution in [2.75, 3.05) is 13.1 Å². The Labute approximate surface area is 92.2 Å². The summed E-state index contributed by atoms with van der Waals surface area (Å²) in [6, 6.07) is -2.37. The van der Waals surface area contributed by atoms with Gasteiger partial charge < -0.3 is 10.6 Å². The maximum Gasteiger partial charge on any atom is 0.412 e. The highest BCUT2D eigenvalue weighted by Gasteiger charge is 2.44. The average molecular weight is 247 g/mol. The van der Waals surface area contributed by atoms with Crippen LogP contribution >= 0.6 is 12.4 Å². The van der Waals surface area contributed by atoms with Crippen LogP contribution < -0.4 is 5.73 Å². The van der Waals surface area contributed by atoms with Crippen LogP contribution in [0.2, 0.25) is 0 Å². The maximum atomic E-state index is 12.1. The third kappa shape index (κ3) is 3.53. The van der Waals surface area contributed by atoms with Crippen LogP contribution in [0.3, 0.4) is 0 Å². The van der Waals surface area contributed by atoms with Gasteiger partial charge in [-0.05, 0) is 12.3 Å². The lowest BCUT2D eigenvalue weighted by Gasteiger charge is -2.22. The van der Waals surface area contributed by atoms with Gasteiger partial charge >= 0.3 is 6.18 Å². The quantitative estimate of drug-likeness (QED) is 0.755. The van der Waals surface area contributed by atoms with E-state index < -0.39 is 18.1 Å². The molecular weight excluding hydrogens is 233 g/mol. The van der Waals surface area contributed by atoms with Crippen LogP contribution in [0.15, 0.2) is 0 Å². The fraction of sp³-hybridized carbons (Fsp3) is 0.875. The summed E-state index contributed by atoms with van der Waals surface area (Å²) in [6.45, 7) is 2.65. The zero-order valence-electron chi connectivity index (χ0n) is 8.25. The summed E-state index contributed by atoms with van der Waals surface area (Å²) in [5.74, 6) is -0.749. The third-order valence-electron chi connectivity index (χ3n) is 2.35. The number of hydrogen-bond acceptors (Lipinski definition) is 2. The van der Waals surface area contributed by atoms with Gasteiger partial charge in [-0.2, -0.15) is 13.2 Å². The summed E-state index contributed by atoms with van der Waals surface area (Å²) < 4.78 is 36.2. The number of nitrogens with two attached hydrogens (primary N) is 1. The minimum absolute atomic E-state index is 0. The van der Waals surface area contributed by atoms with Crippen LogP contribution in [0.25, 0.3) is 0 Å². The van der Waals surface area contributed by atoms with Crippen molar-refractivity contribution in [3.63, 3.8) is 0 Å². The summed E-state index contributed by atoms with van der Waals surface area (Å²) in [6.07, 6.45) is -3.89. The molecule has 0 saturated carbocycles. The summed E-state index contributed by atoms with van der Waals surface area (Å²) in [4.78, 5) is 12.4. The molecule has 1 aliphatic rings. The molecule has 1 saturated heterocycles. The molecule has 2 unspecified atom stereocenters. The van der Waals surface area contributed by atoms with Crippen molar-refractivity contribution in [2.24, 2.45) is 11.7 Å². The van der Waals surface area contributed by atoms with Crippen molar-refractivity contribution in [1.29, 1.82) is 0 Å². The van der Waals surface area contributed by atoms with Gasteiger partial charge in [-0.1, -0.05) is 6.92 Å². The minimum atomic E-state index is -4.64. The van der Waals surface area contributed by atoms with Gasteiger partial charge in [0.15, 0.2) is 6.04 Å². The molecule has 3 nitrogen and oxygen atoms in total. The van der Waals surface area contributed by atoms with Crippen molar-refractivity contribution in [2.45, 2.75) is 25.6 Å². The van der Waals surface area contributed by atoms with E-state index in [1.165, 1.54) is 4.90 Å². The van der Waals surface area contributed by atoms with Crippen LogP contribution in [0.4, 0.5) is 13.2 Å². The van der Waals surface area contributed by atoms with Gasteiger partial charge in [0.1, 0.15) is 0 Å². The first-order valence-electron chi connectivity index (χ1n) is 4.43. The molecule has 7 heteroatoms. The number of hydrogen-bond donors (Lipinski definition) is 1. The molecule has 2 atom stereocenters. The molecule has 2 N–H and O–H groups in total. The molecule has 0 bridgehead atoms. The van der Waals surface area contributed by atoms with E-state index in [1.54, 1.807) is 0 Å². The van der Waals surface area contributed by atoms with E-state index in [-0.39, 0.29) is 18.3 Å². The Kier molecular flexibility index (Phi) is 4.86. The summed E-state index contributed by atoms with van der Waals surface area (Å²) in [5, 5.41) is 0. The number of likely N-dealkylation sites (tertiary alicyclic amines) is 1. The molecule has 90 valence electrons. The summed E-state index contributed by atoms with van der Waals surface area (Å²) in [7, 11) is 0. The number of halogens is 4. The van der Waals surface area contributed by atoms with Crippen molar-refractivity contribution in [1.82, 2.24) is 4.90 Å². The van der Waals surface area contributed by atoms with Crippen molar-refractivity contribution < 1.29 is 18.0 Å². The molecule has 1 heterocycles. The van der Waals surface area contributed by atoms with E-state index in [4.69, 9.17) is 5.73 Å². The molecular formula is C8H14ClF3N2O. The topological polar surface area (TPSA) is 46.3 Å². The van der Waals surface area contributed by atoms with Gasteiger partial charge in [0, 0.05) is 13.1 Å². The number of carbonyl (C=O) groups excluding carboxylic acids is 1. The zero-order valence-corrected chi connectivity index (χ0v) is 9.07. The molecule has 1 fully saturated rings. The summed E-state index contributed by atoms with van der Waals surface area (Å²) in [5.41, 5.74) is 4.80. The average Bonchev–Trinajstić information content (AvgIpc) is 2.47. The monoisotopic (exact) mass is 246 g/mol. The molecule has 0 aromatic heterocycles. The Morgan fingerprint density at radius 1 is 1.53 bits per heavy atom. The Morgan fingerprint density at radius 2 is 2.07 bits per heavy atom. The number of carbonyl (C=O) groups is 1. The van der Waals surface area contributed by atoms with Gasteiger partial charge in [0.2, 0.25) is 5.91 Å². The highest BCUT2D eigenvalue weighted by atomic mass is 35.5. The second-order valence-corrected chi connectivity index (χ2v) is 3.70. The number of nitrogens with zero attached hydrogens (tertiary/aromatic N) is 1. The SMILES string of the molecule is CC1CCN(C(=O)C(N)C(F)(F)F)C1.Cl. The third-order valence-corrected chi connectivity index (χ3v) is 2.35. The maximum absolute atomic E-state index is 12.1. The van der Waals surface area contributed by atoms with Gasteiger partial charge in [-0.3, -0.25) is 4.79 Å². The summed E-state index contributed by atoms with van der Waals surface area (Å²) >= 11 is 0. The normalized spacial score (nSPS) is 23.5. The van der Waals surface area contributed by atoms with Crippen LogP contribution in [-0.2, 0) is 4.79 Å². The molecule has 0 aliphatic carbocycles. The highest BCUT2D eigenvalue weighted by Crippen LogP contribution is 2.23. The molecule has 1 aliphatic heterocycles. The fourth-order valence-electron chi connectivity index (χ4n) is 1.47. The lowest BCUT2D eigenvalue weighted by atomic mass is 10.2. The number of amides is 1. The Bertz CT molecular complexity index is 234. The van der Waals surface area contributed by atoms with Gasteiger partial charge in [0.25, 0.3) is 0 Å². The Morgan fingerprint density at radius 3 is 2.40 bits per heavy atom. The molecule has 0 aromatic rings. The zero-order chi connectivity index (χ0) is 10.9. The van der Waals surface area contributed by atoms with Crippen LogP contribution in [0, 0.1) is 5.92 Å². The second-order valence-electron chi connectivity index (χ2n) is 3.70. The van der Waals surface area contributed by atoms with E-state index in [9.17, 15) is 18.0 Å². The first-order chi connectivity index (χ1) is 6.32. The first kappa shape index (κ1) is 14.5. The lowest BCUT2D eigenvalue weighted by molar-refractivity contribution is -0.169. The molecule has 1 rings (SSSR count). The first-order valence-corrected chi connectivity index (χ1v) is 4.43. The van der Waals surface area contributed by atoms with E-state index in [2.05, 4.69) is 0 Å². The fourth-order valence-corrected chi connectivity index (χ4v) is 1.47. The predicted molar refractivity (Wildman–Crippen MR) is 51.6 cm³/mol. The smallest absolute Gasteiger partial charge is 0.341 e. The van der Waals surface area contributed by atoms with Crippen molar-refractivity contribution >= 4 is 18.3 Å². The van der Waals surface area contributed by atoms with Gasteiger partial charge in [0.05, 0.1) is 0 Å². The Hall–Kier alpha value is -0.490. The standard InChI is InChI=1S/C8H13F3N2O.ClH/c1-5-2-3-13(4-5)7(14)6(12)8(9,10)11;/h5-6H,2-4,12H2,1H3;1H. The number of alkyl halides is 3. The van der Waals surface area contributed by atoms with E-state index in [1.807, 2.05) is 6.92 Å². The number of rotatable bonds is 1. The van der Waals surface area contributed by atoms with Crippen LogP contribution in [0.5, 0.6) is 0 Å². The van der Waals surface area contributed by atoms with E-state index in [0.29, 0.717) is 13.1 Å². The minimum Gasteiger partial charge on any atom is -0.341 e. The van der Waals surface area contributed by atoms with Gasteiger partial charge in [-0.15, -0.1) is 12.4 Å². The molecule has 15 heavy (non-hydrogen) atoms. The largest absolute Gasteiger partial charge is 0.412 e. The van der Waals surface area contributed by atoms with E-state index >= 15 is 0 Å². The highest BCUT2D eigenvalue weighted by molar-refractivity contribution is 5.85. The van der Waals surface area contributed by atoms with Crippen LogP contribution in [-0.4, -0.2) is 36.1 Å². The predicted octanol–water partition coefficient (Wildman–Crippen LogP) is 1.17.